The van der Waals surface area contributed by atoms with Crippen LogP contribution in [0.15, 0.2) is 23.1 Å². The van der Waals surface area contributed by atoms with Crippen molar-refractivity contribution >= 4 is 18.3 Å². The van der Waals surface area contributed by atoms with Gasteiger partial charge in [-0.25, -0.2) is 4.39 Å². The Morgan fingerprint density at radius 1 is 1.50 bits per heavy atom. The van der Waals surface area contributed by atoms with E-state index in [2.05, 4.69) is 12.6 Å². The Kier molecular flexibility index (Phi) is 4.36. The Bertz CT molecular complexity index is 234. The summed E-state index contributed by atoms with van der Waals surface area (Å²) in [6.45, 7) is 0. The van der Waals surface area contributed by atoms with Gasteiger partial charge in [0.25, 0.3) is 0 Å². The predicted octanol–water partition coefficient (Wildman–Crippen LogP) is -1.19. The molecule has 4 heteroatoms. The van der Waals surface area contributed by atoms with E-state index < -0.39 is 0 Å². The van der Waals surface area contributed by atoms with Gasteiger partial charge in [0.15, 0.2) is 0 Å². The van der Waals surface area contributed by atoms with E-state index in [-0.39, 0.29) is 36.8 Å². The van der Waals surface area contributed by atoms with Gasteiger partial charge in [0.2, 0.25) is 0 Å². The molecule has 1 aromatic rings. The molecule has 2 N–H and O–H groups in total. The minimum absolute atomic E-state index is 0. The van der Waals surface area contributed by atoms with Gasteiger partial charge < -0.3 is 7.16 Å². The second-order valence-corrected chi connectivity index (χ2v) is 2.18. The van der Waals surface area contributed by atoms with Crippen molar-refractivity contribution in [2.45, 2.75) is 4.90 Å². The van der Waals surface area contributed by atoms with Gasteiger partial charge in [0.1, 0.15) is 5.82 Å². The van der Waals surface area contributed by atoms with E-state index in [1.807, 2.05) is 0 Å². The fourth-order valence-electron chi connectivity index (χ4n) is 0.517. The third-order valence-electron chi connectivity index (χ3n) is 0.992. The van der Waals surface area contributed by atoms with Crippen LogP contribution in [-0.4, -0.2) is 0 Å². The summed E-state index contributed by atoms with van der Waals surface area (Å²) in [7, 11) is 0. The van der Waals surface area contributed by atoms with Gasteiger partial charge in [0.05, 0.1) is 0 Å². The van der Waals surface area contributed by atoms with Crippen molar-refractivity contribution in [3.05, 3.63) is 24.0 Å². The molecule has 0 aliphatic rings. The van der Waals surface area contributed by atoms with E-state index in [0.29, 0.717) is 10.6 Å². The smallest absolute Gasteiger partial charge is 1.00 e. The molecule has 0 amide bonds. The summed E-state index contributed by atoms with van der Waals surface area (Å²) in [6, 6.07) is 4.06. The van der Waals surface area contributed by atoms with Crippen molar-refractivity contribution in [1.29, 1.82) is 0 Å². The molecule has 0 atom stereocenters. The molecule has 0 saturated carbocycles. The molecule has 1 nitrogen and oxygen atoms in total. The van der Waals surface area contributed by atoms with Gasteiger partial charge >= 0.3 is 29.6 Å². The number of benzene rings is 1. The van der Waals surface area contributed by atoms with Gasteiger partial charge in [-0.3, -0.25) is 0 Å². The van der Waals surface area contributed by atoms with Crippen molar-refractivity contribution < 1.29 is 35.4 Å². The maximum absolute atomic E-state index is 12.2. The average molecular weight is 167 g/mol. The molecule has 0 saturated heterocycles. The Morgan fingerprint density at radius 3 is 2.50 bits per heavy atom. The predicted molar refractivity (Wildman–Crippen MR) is 39.2 cm³/mol. The first-order valence-electron chi connectivity index (χ1n) is 2.44. The van der Waals surface area contributed by atoms with Gasteiger partial charge in [-0.05, 0) is 18.2 Å². The minimum atomic E-state index is -0.311. The zero-order valence-corrected chi connectivity index (χ0v) is 8.53. The first-order valence-corrected chi connectivity index (χ1v) is 2.89. The molecule has 0 radical (unpaired) electrons. The number of halogens is 1. The van der Waals surface area contributed by atoms with Crippen molar-refractivity contribution in [2.24, 2.45) is 0 Å². The fraction of sp³-hybridized carbons (Fsp3) is 0. The zero-order valence-electron chi connectivity index (χ0n) is 6.63. The van der Waals surface area contributed by atoms with Crippen molar-refractivity contribution in [3.8, 4) is 0 Å². The Balaban J connectivity index is 0. The first kappa shape index (κ1) is 10.3. The molecule has 0 spiro atoms. The largest absolute Gasteiger partial charge is 1.00 e. The quantitative estimate of drug-likeness (QED) is 0.284. The summed E-state index contributed by atoms with van der Waals surface area (Å²) in [5.41, 5.74) is 5.85. The Labute approximate surface area is 88.0 Å². The minimum Gasteiger partial charge on any atom is -1.00 e. The van der Waals surface area contributed by atoms with Crippen molar-refractivity contribution in [1.82, 2.24) is 0 Å². The van der Waals surface area contributed by atoms with Crippen LogP contribution < -0.4 is 35.3 Å². The van der Waals surface area contributed by atoms with E-state index >= 15 is 0 Å². The van der Waals surface area contributed by atoms with Crippen LogP contribution in [0.5, 0.6) is 0 Å². The molecule has 0 fully saturated rings. The topological polar surface area (TPSA) is 26.0 Å². The third-order valence-corrected chi connectivity index (χ3v) is 1.38. The van der Waals surface area contributed by atoms with Crippen LogP contribution in [0, 0.1) is 5.82 Å². The van der Waals surface area contributed by atoms with Crippen LogP contribution in [-0.2, 0) is 0 Å². The number of thiol groups is 1. The van der Waals surface area contributed by atoms with Crippen LogP contribution in [0.4, 0.5) is 10.1 Å². The second kappa shape index (κ2) is 4.23. The summed E-state index contributed by atoms with van der Waals surface area (Å²) >= 11 is 3.90. The first-order chi connectivity index (χ1) is 4.20. The van der Waals surface area contributed by atoms with Crippen molar-refractivity contribution in [3.63, 3.8) is 0 Å². The third kappa shape index (κ3) is 2.50. The summed E-state index contributed by atoms with van der Waals surface area (Å²) in [5.74, 6) is -0.311. The molecule has 50 valence electrons. The van der Waals surface area contributed by atoms with Gasteiger partial charge in [-0.2, -0.15) is 0 Å². The maximum Gasteiger partial charge on any atom is 1.00 e. The van der Waals surface area contributed by atoms with E-state index in [1.165, 1.54) is 18.2 Å². The molecule has 0 aliphatic heterocycles. The van der Waals surface area contributed by atoms with Crippen LogP contribution in [0.1, 0.15) is 1.43 Å². The second-order valence-electron chi connectivity index (χ2n) is 1.70. The number of hydrogen-bond acceptors (Lipinski definition) is 2. The molecule has 1 aromatic carbocycles. The normalized spacial score (nSPS) is 8.60. The van der Waals surface area contributed by atoms with Gasteiger partial charge in [-0.15, -0.1) is 12.6 Å². The van der Waals surface area contributed by atoms with E-state index in [4.69, 9.17) is 5.73 Å². The van der Waals surface area contributed by atoms with Crippen LogP contribution >= 0.6 is 12.6 Å². The van der Waals surface area contributed by atoms with Crippen LogP contribution in [0.3, 0.4) is 0 Å². The maximum atomic E-state index is 12.2. The molecule has 0 aliphatic carbocycles. The molecular formula is C6H7FNNaS. The van der Waals surface area contributed by atoms with Gasteiger partial charge in [-0.1, -0.05) is 0 Å². The molecule has 0 unspecified atom stereocenters. The number of rotatable bonds is 0. The number of nitrogens with two attached hydrogens (primary N) is 1. The molecule has 1 rings (SSSR count). The summed E-state index contributed by atoms with van der Waals surface area (Å²) < 4.78 is 12.2. The van der Waals surface area contributed by atoms with E-state index in [0.717, 1.165) is 0 Å². The Morgan fingerprint density at radius 2 is 2.10 bits per heavy atom. The summed E-state index contributed by atoms with van der Waals surface area (Å²) in [5, 5.41) is 0. The number of anilines is 1. The van der Waals surface area contributed by atoms with Crippen LogP contribution in [0.2, 0.25) is 0 Å². The standard InChI is InChI=1S/C6H6FNS.Na.H/c7-4-1-2-5(8)6(9)3-4;;/h1-3,9H,8H2;;/q;+1;-1. The molecule has 0 heterocycles. The van der Waals surface area contributed by atoms with Gasteiger partial charge in [0, 0.05) is 10.6 Å². The molecular weight excluding hydrogens is 160 g/mol. The number of hydrogen-bond donors (Lipinski definition) is 2. The molecule has 0 bridgehead atoms. The van der Waals surface area contributed by atoms with E-state index in [1.54, 1.807) is 0 Å². The summed E-state index contributed by atoms with van der Waals surface area (Å²) in [6.07, 6.45) is 0. The fourth-order valence-corrected chi connectivity index (χ4v) is 0.715. The monoisotopic (exact) mass is 167 g/mol. The molecule has 0 aromatic heterocycles. The average Bonchev–Trinajstić information content (AvgIpc) is 1.80. The SMILES string of the molecule is Nc1ccc(F)cc1S.[H-].[Na+]. The van der Waals surface area contributed by atoms with Crippen LogP contribution in [0.25, 0.3) is 0 Å². The number of nitrogen functional groups attached to an aromatic ring is 1. The summed E-state index contributed by atoms with van der Waals surface area (Å²) in [4.78, 5) is 0.481. The molecule has 10 heavy (non-hydrogen) atoms. The Hall–Kier alpha value is 0.300. The van der Waals surface area contributed by atoms with Crippen molar-refractivity contribution in [2.75, 3.05) is 5.73 Å². The zero-order chi connectivity index (χ0) is 6.85. The van der Waals surface area contributed by atoms with E-state index in [9.17, 15) is 4.39 Å².